The summed E-state index contributed by atoms with van der Waals surface area (Å²) in [5.74, 6) is 1.40. The van der Waals surface area contributed by atoms with Gasteiger partial charge in [0.05, 0.1) is 0 Å². The van der Waals surface area contributed by atoms with Gasteiger partial charge in [-0.25, -0.2) is 0 Å². The number of hydrogen-bond acceptors (Lipinski definition) is 2. The molecule has 1 atom stereocenters. The predicted molar refractivity (Wildman–Crippen MR) is 100 cm³/mol. The Morgan fingerprint density at radius 2 is 1.76 bits per heavy atom. The maximum absolute atomic E-state index is 13.4. The maximum Gasteiger partial charge on any atom is 0.246 e. The van der Waals surface area contributed by atoms with Gasteiger partial charge in [-0.1, -0.05) is 52.4 Å². The van der Waals surface area contributed by atoms with E-state index in [1.165, 1.54) is 25.7 Å². The number of nitrogens with zero attached hydrogens (tertiary/aromatic N) is 1. The van der Waals surface area contributed by atoms with Crippen molar-refractivity contribution in [2.24, 2.45) is 11.8 Å². The van der Waals surface area contributed by atoms with Crippen molar-refractivity contribution in [3.8, 4) is 0 Å². The van der Waals surface area contributed by atoms with Crippen molar-refractivity contribution in [1.82, 2.24) is 10.2 Å². The normalized spacial score (nSPS) is 27.7. The maximum atomic E-state index is 13.4. The van der Waals surface area contributed by atoms with E-state index in [-0.39, 0.29) is 11.8 Å². The van der Waals surface area contributed by atoms with E-state index in [1.807, 2.05) is 4.90 Å². The highest BCUT2D eigenvalue weighted by Crippen LogP contribution is 2.39. The standard InChI is InChI=1S/C21H36N2O2/c1-16(2)13-17-14-19(24)23(15-17)21(11-7-3-4-8-12-21)20(25)22-18-9-5-6-10-18/h16-18H,3-15H2,1-2H3,(H,22,25)/t17-/m0/s1. The Hall–Kier alpha value is -1.06. The summed E-state index contributed by atoms with van der Waals surface area (Å²) in [6.07, 6.45) is 12.6. The first-order chi connectivity index (χ1) is 12.0. The largest absolute Gasteiger partial charge is 0.351 e. The van der Waals surface area contributed by atoms with E-state index in [9.17, 15) is 9.59 Å². The number of carbonyl (C=O) groups is 2. The summed E-state index contributed by atoms with van der Waals surface area (Å²) >= 11 is 0. The molecule has 0 aromatic heterocycles. The monoisotopic (exact) mass is 348 g/mol. The van der Waals surface area contributed by atoms with Crippen LogP contribution in [0.4, 0.5) is 0 Å². The zero-order valence-corrected chi connectivity index (χ0v) is 16.2. The second kappa shape index (κ2) is 8.09. The van der Waals surface area contributed by atoms with Crippen LogP contribution in [0.1, 0.15) is 90.9 Å². The first kappa shape index (κ1) is 18.7. The van der Waals surface area contributed by atoms with Crippen LogP contribution in [0, 0.1) is 11.8 Å². The molecule has 25 heavy (non-hydrogen) atoms. The second-order valence-corrected chi connectivity index (χ2v) is 9.10. The fraction of sp³-hybridized carbons (Fsp3) is 0.905. The lowest BCUT2D eigenvalue weighted by atomic mass is 9.86. The van der Waals surface area contributed by atoms with Gasteiger partial charge >= 0.3 is 0 Å². The number of hydrogen-bond donors (Lipinski definition) is 1. The van der Waals surface area contributed by atoms with Crippen LogP contribution in [0.2, 0.25) is 0 Å². The van der Waals surface area contributed by atoms with Crippen molar-refractivity contribution in [1.29, 1.82) is 0 Å². The van der Waals surface area contributed by atoms with Crippen molar-refractivity contribution in [3.05, 3.63) is 0 Å². The number of nitrogens with one attached hydrogen (secondary N) is 1. The summed E-state index contributed by atoms with van der Waals surface area (Å²) in [6, 6.07) is 0.330. The molecule has 0 radical (unpaired) electrons. The Kier molecular flexibility index (Phi) is 6.06. The molecule has 3 fully saturated rings. The minimum atomic E-state index is -0.568. The molecule has 0 unspecified atom stereocenters. The van der Waals surface area contributed by atoms with Crippen LogP contribution in [0.25, 0.3) is 0 Å². The van der Waals surface area contributed by atoms with Crippen molar-refractivity contribution < 1.29 is 9.59 Å². The van der Waals surface area contributed by atoms with Crippen LogP contribution in [-0.2, 0) is 9.59 Å². The van der Waals surface area contributed by atoms with Crippen LogP contribution >= 0.6 is 0 Å². The quantitative estimate of drug-likeness (QED) is 0.763. The Bertz CT molecular complexity index is 474. The third-order valence-corrected chi connectivity index (χ3v) is 6.57. The summed E-state index contributed by atoms with van der Waals surface area (Å²) in [4.78, 5) is 28.3. The lowest BCUT2D eigenvalue weighted by Gasteiger charge is -2.41. The van der Waals surface area contributed by atoms with Crippen LogP contribution < -0.4 is 5.32 Å². The smallest absolute Gasteiger partial charge is 0.246 e. The summed E-state index contributed by atoms with van der Waals surface area (Å²) in [6.45, 7) is 5.23. The molecular formula is C21H36N2O2. The van der Waals surface area contributed by atoms with Gasteiger partial charge in [-0.15, -0.1) is 0 Å². The second-order valence-electron chi connectivity index (χ2n) is 9.10. The van der Waals surface area contributed by atoms with Gasteiger partial charge in [0.15, 0.2) is 0 Å². The predicted octanol–water partition coefficient (Wildman–Crippen LogP) is 4.03. The Morgan fingerprint density at radius 3 is 2.36 bits per heavy atom. The molecule has 0 aromatic carbocycles. The van der Waals surface area contributed by atoms with Gasteiger partial charge in [0.25, 0.3) is 0 Å². The van der Waals surface area contributed by atoms with Crippen LogP contribution in [0.15, 0.2) is 0 Å². The highest BCUT2D eigenvalue weighted by Gasteiger charge is 2.49. The molecule has 1 saturated heterocycles. The van der Waals surface area contributed by atoms with Gasteiger partial charge in [0, 0.05) is 19.0 Å². The molecule has 2 saturated carbocycles. The molecule has 2 amide bonds. The van der Waals surface area contributed by atoms with Crippen molar-refractivity contribution in [2.75, 3.05) is 6.54 Å². The molecule has 1 N–H and O–H groups in total. The summed E-state index contributed by atoms with van der Waals surface area (Å²) in [5, 5.41) is 3.34. The molecule has 1 aliphatic heterocycles. The first-order valence-corrected chi connectivity index (χ1v) is 10.6. The van der Waals surface area contributed by atoms with E-state index in [0.29, 0.717) is 24.3 Å². The van der Waals surface area contributed by atoms with Gasteiger partial charge in [-0.2, -0.15) is 0 Å². The molecular weight excluding hydrogens is 312 g/mol. The average Bonchev–Trinajstić information content (AvgIpc) is 3.10. The molecule has 4 heteroatoms. The average molecular weight is 349 g/mol. The molecule has 1 heterocycles. The number of carbonyl (C=O) groups excluding carboxylic acids is 2. The topological polar surface area (TPSA) is 49.4 Å². The highest BCUT2D eigenvalue weighted by atomic mass is 16.2. The fourth-order valence-corrected chi connectivity index (χ4v) is 5.34. The Labute approximate surface area is 153 Å². The van der Waals surface area contributed by atoms with Crippen LogP contribution in [0.3, 0.4) is 0 Å². The highest BCUT2D eigenvalue weighted by molar-refractivity contribution is 5.92. The number of likely N-dealkylation sites (tertiary alicyclic amines) is 1. The molecule has 142 valence electrons. The third-order valence-electron chi connectivity index (χ3n) is 6.57. The molecule has 4 nitrogen and oxygen atoms in total. The van der Waals surface area contributed by atoms with E-state index in [1.54, 1.807) is 0 Å². The molecule has 3 rings (SSSR count). The van der Waals surface area contributed by atoms with Crippen molar-refractivity contribution in [2.45, 2.75) is 102 Å². The SMILES string of the molecule is CC(C)C[C@H]1CC(=O)N(C2(C(=O)NC3CCCC3)CCCCCC2)C1. The summed E-state index contributed by atoms with van der Waals surface area (Å²) in [7, 11) is 0. The van der Waals surface area contributed by atoms with Gasteiger partial charge in [0.2, 0.25) is 11.8 Å². The molecule has 3 aliphatic rings. The summed E-state index contributed by atoms with van der Waals surface area (Å²) < 4.78 is 0. The molecule has 0 bridgehead atoms. The minimum absolute atomic E-state index is 0.153. The first-order valence-electron chi connectivity index (χ1n) is 10.6. The zero-order chi connectivity index (χ0) is 17.9. The molecule has 2 aliphatic carbocycles. The van der Waals surface area contributed by atoms with Gasteiger partial charge in [-0.3, -0.25) is 9.59 Å². The number of rotatable bonds is 5. The van der Waals surface area contributed by atoms with E-state index in [4.69, 9.17) is 0 Å². The van der Waals surface area contributed by atoms with Gasteiger partial charge in [-0.05, 0) is 43.9 Å². The Balaban J connectivity index is 1.78. The fourth-order valence-electron chi connectivity index (χ4n) is 5.34. The summed E-state index contributed by atoms with van der Waals surface area (Å²) in [5.41, 5.74) is -0.568. The molecule has 0 spiro atoms. The lowest BCUT2D eigenvalue weighted by Crippen LogP contribution is -2.60. The van der Waals surface area contributed by atoms with E-state index >= 15 is 0 Å². The zero-order valence-electron chi connectivity index (χ0n) is 16.2. The lowest BCUT2D eigenvalue weighted by molar-refractivity contribution is -0.146. The van der Waals surface area contributed by atoms with Crippen LogP contribution in [0.5, 0.6) is 0 Å². The van der Waals surface area contributed by atoms with Gasteiger partial charge in [0.1, 0.15) is 5.54 Å². The van der Waals surface area contributed by atoms with E-state index < -0.39 is 5.54 Å². The van der Waals surface area contributed by atoms with E-state index in [0.717, 1.165) is 51.5 Å². The Morgan fingerprint density at radius 1 is 1.12 bits per heavy atom. The number of amides is 2. The van der Waals surface area contributed by atoms with Crippen LogP contribution in [-0.4, -0.2) is 34.8 Å². The van der Waals surface area contributed by atoms with E-state index in [2.05, 4.69) is 19.2 Å². The molecule has 0 aromatic rings. The van der Waals surface area contributed by atoms with Crippen molar-refractivity contribution >= 4 is 11.8 Å². The third kappa shape index (κ3) is 4.20. The minimum Gasteiger partial charge on any atom is -0.351 e. The van der Waals surface area contributed by atoms with Gasteiger partial charge < -0.3 is 10.2 Å². The van der Waals surface area contributed by atoms with Crippen molar-refractivity contribution in [3.63, 3.8) is 0 Å².